The van der Waals surface area contributed by atoms with Gasteiger partial charge in [-0.1, -0.05) is 6.07 Å². The maximum atomic E-state index is 12.8. The van der Waals surface area contributed by atoms with Gasteiger partial charge in [-0.3, -0.25) is 14.6 Å². The Bertz CT molecular complexity index is 1120. The van der Waals surface area contributed by atoms with Crippen molar-refractivity contribution in [3.05, 3.63) is 51.4 Å². The first-order valence-corrected chi connectivity index (χ1v) is 8.44. The Morgan fingerprint density at radius 3 is 2.74 bits per heavy atom. The SMILES string of the molecule is COc1ccc(C2CC(=O)c3cnc4nc(N)[nH]c(=O)c4c3C2)c(OC)c1. The van der Waals surface area contributed by atoms with Gasteiger partial charge in [-0.15, -0.1) is 0 Å². The van der Waals surface area contributed by atoms with Crippen LogP contribution in [-0.4, -0.2) is 35.0 Å². The summed E-state index contributed by atoms with van der Waals surface area (Å²) in [6, 6.07) is 5.51. The lowest BCUT2D eigenvalue weighted by Gasteiger charge is -2.26. The highest BCUT2D eigenvalue weighted by molar-refractivity contribution is 6.02. The average molecular weight is 366 g/mol. The molecule has 0 amide bonds. The number of H-pyrrole nitrogens is 1. The van der Waals surface area contributed by atoms with Gasteiger partial charge in [0.1, 0.15) is 11.5 Å². The molecule has 0 spiro atoms. The molecule has 27 heavy (non-hydrogen) atoms. The fraction of sp³-hybridized carbons (Fsp3) is 0.263. The van der Waals surface area contributed by atoms with Crippen molar-refractivity contribution in [2.24, 2.45) is 0 Å². The van der Waals surface area contributed by atoms with Crippen LogP contribution in [0.25, 0.3) is 11.0 Å². The summed E-state index contributed by atoms with van der Waals surface area (Å²) in [5.41, 5.74) is 7.46. The molecule has 0 fully saturated rings. The number of carbonyl (C=O) groups excluding carboxylic acids is 1. The summed E-state index contributed by atoms with van der Waals surface area (Å²) in [7, 11) is 3.16. The fourth-order valence-electron chi connectivity index (χ4n) is 3.66. The molecular formula is C19H18N4O4. The highest BCUT2D eigenvalue weighted by atomic mass is 16.5. The molecule has 1 aliphatic carbocycles. The summed E-state index contributed by atoms with van der Waals surface area (Å²) in [4.78, 5) is 35.9. The third kappa shape index (κ3) is 2.79. The van der Waals surface area contributed by atoms with Gasteiger partial charge in [0.15, 0.2) is 11.4 Å². The molecule has 8 nitrogen and oxygen atoms in total. The van der Waals surface area contributed by atoms with Gasteiger partial charge in [0, 0.05) is 24.2 Å². The molecule has 0 saturated heterocycles. The number of ketones is 1. The minimum atomic E-state index is -0.392. The van der Waals surface area contributed by atoms with Crippen LogP contribution in [0.4, 0.5) is 5.95 Å². The predicted molar refractivity (Wildman–Crippen MR) is 99.5 cm³/mol. The van der Waals surface area contributed by atoms with Crippen molar-refractivity contribution in [1.82, 2.24) is 15.0 Å². The Balaban J connectivity index is 1.87. The van der Waals surface area contributed by atoms with Crippen molar-refractivity contribution in [2.45, 2.75) is 18.8 Å². The number of nitrogens with two attached hydrogens (primary N) is 1. The Kier molecular flexibility index (Phi) is 4.02. The van der Waals surface area contributed by atoms with Crippen LogP contribution in [0.1, 0.15) is 33.8 Å². The third-order valence-corrected chi connectivity index (χ3v) is 4.92. The normalized spacial score (nSPS) is 16.2. The molecule has 138 valence electrons. The molecular weight excluding hydrogens is 348 g/mol. The lowest BCUT2D eigenvalue weighted by atomic mass is 9.79. The standard InChI is InChI=1S/C19H18N4O4/c1-26-10-3-4-11(15(7-10)27-2)9-5-12-13(14(24)6-9)8-21-17-16(12)18(25)23-19(20)22-17/h3-4,7-9H,5-6H2,1-2H3,(H3,20,21,22,23,25). The van der Waals surface area contributed by atoms with E-state index >= 15 is 0 Å². The van der Waals surface area contributed by atoms with E-state index < -0.39 is 5.56 Å². The van der Waals surface area contributed by atoms with E-state index in [2.05, 4.69) is 15.0 Å². The molecule has 8 heteroatoms. The maximum absolute atomic E-state index is 12.8. The zero-order valence-corrected chi connectivity index (χ0v) is 14.9. The van der Waals surface area contributed by atoms with Gasteiger partial charge in [-0.05, 0) is 29.5 Å². The zero-order valence-electron chi connectivity index (χ0n) is 14.9. The van der Waals surface area contributed by atoms with Crippen molar-refractivity contribution >= 4 is 22.8 Å². The highest BCUT2D eigenvalue weighted by Gasteiger charge is 2.31. The molecule has 1 atom stereocenters. The van der Waals surface area contributed by atoms with Gasteiger partial charge in [-0.2, -0.15) is 4.98 Å². The monoisotopic (exact) mass is 366 g/mol. The number of aromatic nitrogens is 3. The van der Waals surface area contributed by atoms with Gasteiger partial charge in [0.2, 0.25) is 5.95 Å². The van der Waals surface area contributed by atoms with Crippen LogP contribution in [0.2, 0.25) is 0 Å². The number of nitrogens with zero attached hydrogens (tertiary/aromatic N) is 2. The number of aromatic amines is 1. The molecule has 4 rings (SSSR count). The summed E-state index contributed by atoms with van der Waals surface area (Å²) >= 11 is 0. The van der Waals surface area contributed by atoms with Crippen LogP contribution in [0, 0.1) is 0 Å². The van der Waals surface area contributed by atoms with E-state index in [1.807, 2.05) is 12.1 Å². The van der Waals surface area contributed by atoms with Gasteiger partial charge >= 0.3 is 0 Å². The number of nitrogen functional groups attached to an aromatic ring is 1. The Morgan fingerprint density at radius 1 is 1.19 bits per heavy atom. The van der Waals surface area contributed by atoms with E-state index in [9.17, 15) is 9.59 Å². The van der Waals surface area contributed by atoms with Crippen molar-refractivity contribution in [3.63, 3.8) is 0 Å². The number of nitrogens with one attached hydrogen (secondary N) is 1. The lowest BCUT2D eigenvalue weighted by molar-refractivity contribution is 0.0964. The molecule has 1 unspecified atom stereocenters. The van der Waals surface area contributed by atoms with Gasteiger partial charge in [0.05, 0.1) is 19.6 Å². The van der Waals surface area contributed by atoms with E-state index in [1.54, 1.807) is 20.3 Å². The van der Waals surface area contributed by atoms with Crippen LogP contribution < -0.4 is 20.8 Å². The van der Waals surface area contributed by atoms with Crippen molar-refractivity contribution in [1.29, 1.82) is 0 Å². The number of carbonyl (C=O) groups is 1. The molecule has 2 aromatic heterocycles. The van der Waals surface area contributed by atoms with Crippen molar-refractivity contribution < 1.29 is 14.3 Å². The summed E-state index contributed by atoms with van der Waals surface area (Å²) in [6.45, 7) is 0. The maximum Gasteiger partial charge on any atom is 0.262 e. The van der Waals surface area contributed by atoms with E-state index in [1.165, 1.54) is 6.20 Å². The first kappa shape index (κ1) is 17.0. The van der Waals surface area contributed by atoms with Crippen LogP contribution in [0.15, 0.2) is 29.2 Å². The number of fused-ring (bicyclic) bond motifs is 3. The molecule has 3 aromatic rings. The number of hydrogen-bond acceptors (Lipinski definition) is 7. The largest absolute Gasteiger partial charge is 0.497 e. The number of anilines is 1. The minimum Gasteiger partial charge on any atom is -0.497 e. The van der Waals surface area contributed by atoms with Crippen LogP contribution in [0.5, 0.6) is 11.5 Å². The summed E-state index contributed by atoms with van der Waals surface area (Å²) < 4.78 is 10.7. The Morgan fingerprint density at radius 2 is 2.00 bits per heavy atom. The third-order valence-electron chi connectivity index (χ3n) is 4.92. The summed E-state index contributed by atoms with van der Waals surface area (Å²) in [5.74, 6) is 1.11. The number of methoxy groups -OCH3 is 2. The quantitative estimate of drug-likeness (QED) is 0.725. The van der Waals surface area contributed by atoms with Crippen molar-refractivity contribution in [3.8, 4) is 11.5 Å². The first-order chi connectivity index (χ1) is 13.0. The minimum absolute atomic E-state index is 0.00420. The first-order valence-electron chi connectivity index (χ1n) is 8.44. The summed E-state index contributed by atoms with van der Waals surface area (Å²) in [5, 5.41) is 0.312. The number of ether oxygens (including phenoxy) is 2. The van der Waals surface area contributed by atoms with E-state index in [0.717, 1.165) is 5.56 Å². The molecule has 0 saturated carbocycles. The zero-order chi connectivity index (χ0) is 19.1. The predicted octanol–water partition coefficient (Wildman–Crippen LogP) is 1.83. The fourth-order valence-corrected chi connectivity index (χ4v) is 3.66. The molecule has 1 aliphatic rings. The molecule has 0 aliphatic heterocycles. The van der Waals surface area contributed by atoms with Gasteiger partial charge < -0.3 is 15.2 Å². The van der Waals surface area contributed by atoms with E-state index in [4.69, 9.17) is 15.2 Å². The molecule has 0 bridgehead atoms. The van der Waals surface area contributed by atoms with Crippen LogP contribution in [0.3, 0.4) is 0 Å². The van der Waals surface area contributed by atoms with E-state index in [-0.39, 0.29) is 23.3 Å². The number of Topliss-reactive ketones (excluding diaryl/α,β-unsaturated/α-hetero) is 1. The molecule has 2 heterocycles. The lowest BCUT2D eigenvalue weighted by Crippen LogP contribution is -2.23. The number of rotatable bonds is 3. The number of benzene rings is 1. The second kappa shape index (κ2) is 6.39. The topological polar surface area (TPSA) is 120 Å². The second-order valence-electron chi connectivity index (χ2n) is 6.44. The highest BCUT2D eigenvalue weighted by Crippen LogP contribution is 2.39. The van der Waals surface area contributed by atoms with Crippen LogP contribution >= 0.6 is 0 Å². The molecule has 0 radical (unpaired) electrons. The number of pyridine rings is 1. The molecule has 3 N–H and O–H groups in total. The average Bonchev–Trinajstić information content (AvgIpc) is 2.66. The van der Waals surface area contributed by atoms with Crippen LogP contribution in [-0.2, 0) is 6.42 Å². The Hall–Kier alpha value is -3.42. The van der Waals surface area contributed by atoms with Gasteiger partial charge in [0.25, 0.3) is 5.56 Å². The van der Waals surface area contributed by atoms with Crippen molar-refractivity contribution in [2.75, 3.05) is 20.0 Å². The molecule has 1 aromatic carbocycles. The summed E-state index contributed by atoms with van der Waals surface area (Å²) in [6.07, 6.45) is 2.29. The van der Waals surface area contributed by atoms with Gasteiger partial charge in [-0.25, -0.2) is 4.98 Å². The Labute approximate surface area is 154 Å². The smallest absolute Gasteiger partial charge is 0.262 e. The number of hydrogen-bond donors (Lipinski definition) is 2. The second-order valence-corrected chi connectivity index (χ2v) is 6.44. The van der Waals surface area contributed by atoms with E-state index in [0.29, 0.717) is 40.9 Å².